The van der Waals surface area contributed by atoms with Crippen molar-refractivity contribution >= 4 is 23.5 Å². The van der Waals surface area contributed by atoms with E-state index in [0.717, 1.165) is 12.8 Å². The van der Waals surface area contributed by atoms with Crippen LogP contribution in [0.25, 0.3) is 11.3 Å². The summed E-state index contributed by atoms with van der Waals surface area (Å²) < 4.78 is 11.1. The number of hydrogen-bond acceptors (Lipinski definition) is 4. The van der Waals surface area contributed by atoms with Gasteiger partial charge in [0.2, 0.25) is 11.9 Å². The molecule has 6 heteroatoms. The Bertz CT molecular complexity index is 995. The minimum Gasteiger partial charge on any atom is -0.449 e. The molecular formula is C22H18ClNO4. The molecular weight excluding hydrogens is 378 g/mol. The normalized spacial score (nSPS) is 14.3. The van der Waals surface area contributed by atoms with Crippen LogP contribution >= 0.6 is 11.6 Å². The minimum absolute atomic E-state index is 0.00933. The molecule has 0 aliphatic heterocycles. The summed E-state index contributed by atoms with van der Waals surface area (Å²) in [6.45, 7) is 0. The van der Waals surface area contributed by atoms with Crippen LogP contribution < -0.4 is 5.32 Å². The molecule has 1 aliphatic carbocycles. The van der Waals surface area contributed by atoms with Gasteiger partial charge in [-0.25, -0.2) is 4.79 Å². The van der Waals surface area contributed by atoms with Gasteiger partial charge >= 0.3 is 5.97 Å². The van der Waals surface area contributed by atoms with Crippen LogP contribution in [0.5, 0.6) is 0 Å². The Hall–Kier alpha value is -3.05. The van der Waals surface area contributed by atoms with E-state index in [4.69, 9.17) is 20.8 Å². The number of hydrogen-bond donors (Lipinski definition) is 1. The van der Waals surface area contributed by atoms with Crippen molar-refractivity contribution in [3.8, 4) is 11.3 Å². The van der Waals surface area contributed by atoms with E-state index in [2.05, 4.69) is 5.32 Å². The van der Waals surface area contributed by atoms with E-state index in [1.54, 1.807) is 42.5 Å². The van der Waals surface area contributed by atoms with Crippen molar-refractivity contribution < 1.29 is 18.7 Å². The van der Waals surface area contributed by atoms with Gasteiger partial charge in [0.1, 0.15) is 5.76 Å². The van der Waals surface area contributed by atoms with Crippen molar-refractivity contribution in [3.05, 3.63) is 83.1 Å². The molecule has 0 spiro atoms. The summed E-state index contributed by atoms with van der Waals surface area (Å²) in [5, 5.41) is 3.40. The van der Waals surface area contributed by atoms with Crippen LogP contribution in [-0.2, 0) is 9.53 Å². The second kappa shape index (κ2) is 7.90. The summed E-state index contributed by atoms with van der Waals surface area (Å²) in [6, 6.07) is 19.4. The van der Waals surface area contributed by atoms with Gasteiger partial charge in [-0.05, 0) is 37.1 Å². The van der Waals surface area contributed by atoms with Gasteiger partial charge in [0.25, 0.3) is 5.91 Å². The Morgan fingerprint density at radius 3 is 2.43 bits per heavy atom. The maximum atomic E-state index is 12.6. The molecule has 0 radical (unpaired) electrons. The third kappa shape index (κ3) is 4.10. The van der Waals surface area contributed by atoms with E-state index < -0.39 is 12.1 Å². The summed E-state index contributed by atoms with van der Waals surface area (Å²) in [4.78, 5) is 25.2. The third-order valence-electron chi connectivity index (χ3n) is 4.44. The number of esters is 1. The molecule has 1 fully saturated rings. The van der Waals surface area contributed by atoms with Gasteiger partial charge in [0.05, 0.1) is 5.02 Å². The lowest BCUT2D eigenvalue weighted by Crippen LogP contribution is -2.33. The molecule has 1 aromatic heterocycles. The Kier molecular flexibility index (Phi) is 5.17. The zero-order valence-electron chi connectivity index (χ0n) is 14.9. The van der Waals surface area contributed by atoms with Gasteiger partial charge in [-0.3, -0.25) is 4.79 Å². The molecule has 0 bridgehead atoms. The zero-order valence-corrected chi connectivity index (χ0v) is 15.7. The maximum Gasteiger partial charge on any atom is 0.375 e. The van der Waals surface area contributed by atoms with E-state index in [1.165, 1.54) is 6.07 Å². The highest BCUT2D eigenvalue weighted by Gasteiger charge is 2.31. The van der Waals surface area contributed by atoms with E-state index in [-0.39, 0.29) is 17.7 Å². The summed E-state index contributed by atoms with van der Waals surface area (Å²) >= 11 is 6.18. The molecule has 3 aromatic rings. The average molecular weight is 396 g/mol. The van der Waals surface area contributed by atoms with Gasteiger partial charge in [-0.15, -0.1) is 0 Å². The largest absolute Gasteiger partial charge is 0.449 e. The topological polar surface area (TPSA) is 68.5 Å². The fourth-order valence-electron chi connectivity index (χ4n) is 2.82. The predicted octanol–water partition coefficient (Wildman–Crippen LogP) is 4.78. The highest BCUT2D eigenvalue weighted by Crippen LogP contribution is 2.30. The molecule has 0 saturated heterocycles. The zero-order chi connectivity index (χ0) is 19.5. The van der Waals surface area contributed by atoms with Crippen LogP contribution in [0.1, 0.15) is 35.1 Å². The van der Waals surface area contributed by atoms with Crippen LogP contribution in [0.15, 0.2) is 71.1 Å². The standard InChI is InChI=1S/C22H18ClNO4/c23-17-9-5-4-8-16(17)18-12-13-19(27-18)22(26)28-20(14-6-2-1-3-7-14)21(25)24-15-10-11-15/h1-9,12-13,15,20H,10-11H2,(H,24,25)/t20-/m1/s1. The number of benzene rings is 2. The Morgan fingerprint density at radius 2 is 1.71 bits per heavy atom. The minimum atomic E-state index is -1.04. The molecule has 142 valence electrons. The van der Waals surface area contributed by atoms with E-state index in [0.29, 0.717) is 21.9 Å². The van der Waals surface area contributed by atoms with Crippen LogP contribution in [0.3, 0.4) is 0 Å². The first-order chi connectivity index (χ1) is 13.6. The lowest BCUT2D eigenvalue weighted by atomic mass is 10.1. The van der Waals surface area contributed by atoms with Crippen molar-refractivity contribution in [2.24, 2.45) is 0 Å². The SMILES string of the molecule is O=C(O[C@@H](C(=O)NC1CC1)c1ccccc1)c1ccc(-c2ccccc2Cl)o1. The van der Waals surface area contributed by atoms with Crippen LogP contribution in [0, 0.1) is 0 Å². The predicted molar refractivity (Wildman–Crippen MR) is 105 cm³/mol. The highest BCUT2D eigenvalue weighted by molar-refractivity contribution is 6.33. The molecule has 4 rings (SSSR count). The van der Waals surface area contributed by atoms with Crippen LogP contribution in [-0.4, -0.2) is 17.9 Å². The maximum absolute atomic E-state index is 12.6. The van der Waals surface area contributed by atoms with Crippen LogP contribution in [0.2, 0.25) is 5.02 Å². The molecule has 1 amide bonds. The molecule has 1 saturated carbocycles. The number of nitrogens with one attached hydrogen (secondary N) is 1. The first kappa shape index (κ1) is 18.3. The number of ether oxygens (including phenoxy) is 1. The molecule has 1 atom stereocenters. The van der Waals surface area contributed by atoms with Gasteiger partial charge in [-0.2, -0.15) is 0 Å². The number of carbonyl (C=O) groups excluding carboxylic acids is 2. The van der Waals surface area contributed by atoms with Crippen LogP contribution in [0.4, 0.5) is 0 Å². The van der Waals surface area contributed by atoms with Crippen molar-refractivity contribution in [1.82, 2.24) is 5.32 Å². The first-order valence-corrected chi connectivity index (χ1v) is 9.40. The van der Waals surface area contributed by atoms with Gasteiger partial charge in [0.15, 0.2) is 0 Å². The second-order valence-corrected chi connectivity index (χ2v) is 7.03. The highest BCUT2D eigenvalue weighted by atomic mass is 35.5. The Balaban J connectivity index is 1.54. The smallest absolute Gasteiger partial charge is 0.375 e. The summed E-state index contributed by atoms with van der Waals surface area (Å²) in [5.41, 5.74) is 1.28. The number of furan rings is 1. The van der Waals surface area contributed by atoms with Crippen molar-refractivity contribution in [2.75, 3.05) is 0 Å². The second-order valence-electron chi connectivity index (χ2n) is 6.62. The van der Waals surface area contributed by atoms with Crippen molar-refractivity contribution in [1.29, 1.82) is 0 Å². The van der Waals surface area contributed by atoms with E-state index in [9.17, 15) is 9.59 Å². The molecule has 1 heterocycles. The third-order valence-corrected chi connectivity index (χ3v) is 4.77. The summed E-state index contributed by atoms with van der Waals surface area (Å²) in [5.74, 6) is -0.579. The van der Waals surface area contributed by atoms with Crippen molar-refractivity contribution in [3.63, 3.8) is 0 Å². The number of carbonyl (C=O) groups is 2. The Labute approximate surface area is 167 Å². The number of amides is 1. The van der Waals surface area contributed by atoms with Gasteiger partial charge in [0, 0.05) is 17.2 Å². The number of rotatable bonds is 6. The van der Waals surface area contributed by atoms with Gasteiger partial charge < -0.3 is 14.5 Å². The summed E-state index contributed by atoms with van der Waals surface area (Å²) in [6.07, 6.45) is 0.851. The summed E-state index contributed by atoms with van der Waals surface area (Å²) in [7, 11) is 0. The fraction of sp³-hybridized carbons (Fsp3) is 0.182. The molecule has 5 nitrogen and oxygen atoms in total. The molecule has 2 aromatic carbocycles. The van der Waals surface area contributed by atoms with E-state index in [1.807, 2.05) is 18.2 Å². The number of halogens is 1. The van der Waals surface area contributed by atoms with E-state index >= 15 is 0 Å². The average Bonchev–Trinajstić information content (AvgIpc) is 3.38. The monoisotopic (exact) mass is 395 g/mol. The van der Waals surface area contributed by atoms with Crippen molar-refractivity contribution in [2.45, 2.75) is 25.0 Å². The lowest BCUT2D eigenvalue weighted by Gasteiger charge is -2.17. The molecule has 1 N–H and O–H groups in total. The van der Waals surface area contributed by atoms with Gasteiger partial charge in [-0.1, -0.05) is 54.1 Å². The molecule has 1 aliphatic rings. The fourth-order valence-corrected chi connectivity index (χ4v) is 3.05. The lowest BCUT2D eigenvalue weighted by molar-refractivity contribution is -0.130. The first-order valence-electron chi connectivity index (χ1n) is 9.03. The molecule has 28 heavy (non-hydrogen) atoms. The Morgan fingerprint density at radius 1 is 1.00 bits per heavy atom. The molecule has 0 unspecified atom stereocenters. The quantitative estimate of drug-likeness (QED) is 0.610.